The summed E-state index contributed by atoms with van der Waals surface area (Å²) in [6.07, 6.45) is 1.51. The number of nitrogens with one attached hydrogen (secondary N) is 2. The Morgan fingerprint density at radius 3 is 2.65 bits per heavy atom. The minimum absolute atomic E-state index is 0.110. The molecule has 9 heteroatoms. The molecular formula is C11H19N5O3S. The number of rotatable bonds is 6. The van der Waals surface area contributed by atoms with Crippen molar-refractivity contribution >= 4 is 21.7 Å². The normalized spacial score (nSPS) is 20.6. The Labute approximate surface area is 118 Å². The topological polar surface area (TPSA) is 106 Å². The smallest absolute Gasteiger partial charge is 0.322 e. The third-order valence-electron chi connectivity index (χ3n) is 2.90. The van der Waals surface area contributed by atoms with Crippen LogP contribution < -0.4 is 15.4 Å². The highest BCUT2D eigenvalue weighted by atomic mass is 32.2. The van der Waals surface area contributed by atoms with Crippen molar-refractivity contribution in [1.82, 2.24) is 15.0 Å². The van der Waals surface area contributed by atoms with Gasteiger partial charge in [-0.1, -0.05) is 6.92 Å². The standard InChI is InChI=1S/C11H19N5O3S/c1-3-5-12-9-14-10(16-11(15-9)19-2)13-8-4-6-20(17,18)7-8/h8H,3-7H2,1-2H3,(H2,12,13,14,15,16). The second-order valence-electron chi connectivity index (χ2n) is 4.64. The number of ether oxygens (including phenoxy) is 1. The van der Waals surface area contributed by atoms with Crippen LogP contribution in [0.1, 0.15) is 19.8 Å². The van der Waals surface area contributed by atoms with Crippen molar-refractivity contribution in [2.75, 3.05) is 35.8 Å². The van der Waals surface area contributed by atoms with Crippen molar-refractivity contribution in [1.29, 1.82) is 0 Å². The maximum Gasteiger partial charge on any atom is 0.322 e. The van der Waals surface area contributed by atoms with Crippen molar-refractivity contribution in [3.05, 3.63) is 0 Å². The molecule has 8 nitrogen and oxygen atoms in total. The monoisotopic (exact) mass is 301 g/mol. The van der Waals surface area contributed by atoms with Gasteiger partial charge in [0.2, 0.25) is 11.9 Å². The molecule has 1 aromatic rings. The highest BCUT2D eigenvalue weighted by Gasteiger charge is 2.28. The van der Waals surface area contributed by atoms with Crippen LogP contribution in [0.4, 0.5) is 11.9 Å². The zero-order valence-electron chi connectivity index (χ0n) is 11.6. The molecule has 1 aromatic heterocycles. The van der Waals surface area contributed by atoms with Crippen LogP contribution in [-0.2, 0) is 9.84 Å². The maximum absolute atomic E-state index is 11.4. The number of nitrogens with zero attached hydrogens (tertiary/aromatic N) is 3. The van der Waals surface area contributed by atoms with Crippen LogP contribution in [0.3, 0.4) is 0 Å². The predicted octanol–water partition coefficient (Wildman–Crippen LogP) is 0.301. The summed E-state index contributed by atoms with van der Waals surface area (Å²) in [6, 6.07) is 0.0353. The fraction of sp³-hybridized carbons (Fsp3) is 0.727. The molecule has 0 aliphatic carbocycles. The minimum atomic E-state index is -2.94. The van der Waals surface area contributed by atoms with Gasteiger partial charge in [-0.2, -0.15) is 15.0 Å². The first-order valence-electron chi connectivity index (χ1n) is 6.53. The molecular weight excluding hydrogens is 282 g/mol. The lowest BCUT2D eigenvalue weighted by Gasteiger charge is -2.12. The molecule has 1 fully saturated rings. The molecule has 2 N–H and O–H groups in total. The van der Waals surface area contributed by atoms with Gasteiger partial charge in [-0.15, -0.1) is 0 Å². The van der Waals surface area contributed by atoms with Gasteiger partial charge in [0.05, 0.1) is 18.6 Å². The van der Waals surface area contributed by atoms with E-state index in [1.807, 2.05) is 6.92 Å². The fourth-order valence-corrected chi connectivity index (χ4v) is 3.59. The first kappa shape index (κ1) is 14.8. The number of sulfone groups is 1. The third kappa shape index (κ3) is 3.92. The molecule has 2 heterocycles. The lowest BCUT2D eigenvalue weighted by atomic mass is 10.3. The van der Waals surface area contributed by atoms with E-state index in [1.165, 1.54) is 7.11 Å². The molecule has 0 radical (unpaired) electrons. The van der Waals surface area contributed by atoms with Gasteiger partial charge < -0.3 is 15.4 Å². The highest BCUT2D eigenvalue weighted by molar-refractivity contribution is 7.91. The molecule has 0 saturated carbocycles. The van der Waals surface area contributed by atoms with Crippen LogP contribution in [-0.4, -0.2) is 54.6 Å². The van der Waals surface area contributed by atoms with E-state index < -0.39 is 9.84 Å². The molecule has 1 aliphatic heterocycles. The second-order valence-corrected chi connectivity index (χ2v) is 6.87. The Kier molecular flexibility index (Phi) is 4.58. The zero-order chi connectivity index (χ0) is 14.6. The molecule has 0 bridgehead atoms. The number of methoxy groups -OCH3 is 1. The van der Waals surface area contributed by atoms with Crippen LogP contribution in [0, 0.1) is 0 Å². The molecule has 0 spiro atoms. The Morgan fingerprint density at radius 1 is 1.30 bits per heavy atom. The zero-order valence-corrected chi connectivity index (χ0v) is 12.4. The van der Waals surface area contributed by atoms with E-state index >= 15 is 0 Å². The lowest BCUT2D eigenvalue weighted by molar-refractivity contribution is 0.379. The number of hydrogen-bond donors (Lipinski definition) is 2. The summed E-state index contributed by atoms with van der Waals surface area (Å²) in [4.78, 5) is 12.4. The first-order chi connectivity index (χ1) is 9.52. The summed E-state index contributed by atoms with van der Waals surface area (Å²) >= 11 is 0. The maximum atomic E-state index is 11.4. The molecule has 0 amide bonds. The molecule has 112 valence electrons. The van der Waals surface area contributed by atoms with Crippen molar-refractivity contribution in [2.24, 2.45) is 0 Å². The Morgan fingerprint density at radius 2 is 2.05 bits per heavy atom. The SMILES string of the molecule is CCCNc1nc(NC2CCS(=O)(=O)C2)nc(OC)n1. The van der Waals surface area contributed by atoms with Gasteiger partial charge in [0.25, 0.3) is 0 Å². The van der Waals surface area contributed by atoms with Crippen LogP contribution in [0.5, 0.6) is 6.01 Å². The van der Waals surface area contributed by atoms with E-state index in [9.17, 15) is 8.42 Å². The summed E-state index contributed by atoms with van der Waals surface area (Å²) in [5.41, 5.74) is 0. The van der Waals surface area contributed by atoms with Gasteiger partial charge in [0.1, 0.15) is 0 Å². The molecule has 1 unspecified atom stereocenters. The molecule has 20 heavy (non-hydrogen) atoms. The van der Waals surface area contributed by atoms with Crippen molar-refractivity contribution in [2.45, 2.75) is 25.8 Å². The molecule has 1 atom stereocenters. The van der Waals surface area contributed by atoms with Crippen molar-refractivity contribution < 1.29 is 13.2 Å². The molecule has 1 aliphatic rings. The van der Waals surface area contributed by atoms with Gasteiger partial charge in [-0.05, 0) is 12.8 Å². The molecule has 1 saturated heterocycles. The van der Waals surface area contributed by atoms with Gasteiger partial charge >= 0.3 is 6.01 Å². The number of aromatic nitrogens is 3. The van der Waals surface area contributed by atoms with Gasteiger partial charge in [-0.25, -0.2) is 8.42 Å². The Balaban J connectivity index is 2.10. The van der Waals surface area contributed by atoms with Crippen molar-refractivity contribution in [3.63, 3.8) is 0 Å². The van der Waals surface area contributed by atoms with E-state index in [4.69, 9.17) is 4.74 Å². The summed E-state index contributed by atoms with van der Waals surface area (Å²) in [6.45, 7) is 2.78. The number of anilines is 2. The predicted molar refractivity (Wildman–Crippen MR) is 75.8 cm³/mol. The average molecular weight is 301 g/mol. The van der Waals surface area contributed by atoms with Crippen molar-refractivity contribution in [3.8, 4) is 6.01 Å². The van der Waals surface area contributed by atoms with Crippen LogP contribution in [0.2, 0.25) is 0 Å². The van der Waals surface area contributed by atoms with Crippen LogP contribution in [0.25, 0.3) is 0 Å². The summed E-state index contributed by atoms with van der Waals surface area (Å²) in [5, 5.41) is 6.08. The second kappa shape index (κ2) is 6.21. The third-order valence-corrected chi connectivity index (χ3v) is 4.66. The van der Waals surface area contributed by atoms with Crippen LogP contribution >= 0.6 is 0 Å². The first-order valence-corrected chi connectivity index (χ1v) is 8.35. The van der Waals surface area contributed by atoms with Gasteiger partial charge in [-0.3, -0.25) is 0 Å². The Hall–Kier alpha value is -1.64. The Bertz CT molecular complexity index is 563. The average Bonchev–Trinajstić information content (AvgIpc) is 2.75. The van der Waals surface area contributed by atoms with E-state index in [0.717, 1.165) is 13.0 Å². The summed E-state index contributed by atoms with van der Waals surface area (Å²) in [5.74, 6) is 1.06. The van der Waals surface area contributed by atoms with E-state index in [-0.39, 0.29) is 23.6 Å². The largest absolute Gasteiger partial charge is 0.467 e. The van der Waals surface area contributed by atoms with E-state index in [1.54, 1.807) is 0 Å². The lowest BCUT2D eigenvalue weighted by Crippen LogP contribution is -2.22. The minimum Gasteiger partial charge on any atom is -0.467 e. The van der Waals surface area contributed by atoms with Gasteiger partial charge in [0.15, 0.2) is 9.84 Å². The molecule has 2 rings (SSSR count). The highest BCUT2D eigenvalue weighted by Crippen LogP contribution is 2.17. The fourth-order valence-electron chi connectivity index (χ4n) is 1.92. The summed E-state index contributed by atoms with van der Waals surface area (Å²) in [7, 11) is -1.46. The summed E-state index contributed by atoms with van der Waals surface area (Å²) < 4.78 is 27.9. The van der Waals surface area contributed by atoms with E-state index in [2.05, 4.69) is 25.6 Å². The number of hydrogen-bond acceptors (Lipinski definition) is 8. The van der Waals surface area contributed by atoms with Gasteiger partial charge in [0, 0.05) is 12.6 Å². The molecule has 0 aromatic carbocycles. The van der Waals surface area contributed by atoms with Crippen LogP contribution in [0.15, 0.2) is 0 Å². The quantitative estimate of drug-likeness (QED) is 0.773. The van der Waals surface area contributed by atoms with E-state index in [0.29, 0.717) is 18.3 Å².